The number of ether oxygens (including phenoxy) is 1. The van der Waals surface area contributed by atoms with Gasteiger partial charge < -0.3 is 14.5 Å². The zero-order chi connectivity index (χ0) is 16.2. The van der Waals surface area contributed by atoms with E-state index < -0.39 is 0 Å². The van der Waals surface area contributed by atoms with Gasteiger partial charge in [-0.2, -0.15) is 0 Å². The molecule has 23 heavy (non-hydrogen) atoms. The first-order valence-corrected chi connectivity index (χ1v) is 8.03. The Balaban J connectivity index is 1.59. The van der Waals surface area contributed by atoms with Crippen LogP contribution in [0.15, 0.2) is 30.3 Å². The molecule has 0 radical (unpaired) electrons. The van der Waals surface area contributed by atoms with Crippen LogP contribution in [0.1, 0.15) is 17.4 Å². The third-order valence-electron chi connectivity index (χ3n) is 3.84. The van der Waals surface area contributed by atoms with Gasteiger partial charge >= 0.3 is 0 Å². The summed E-state index contributed by atoms with van der Waals surface area (Å²) in [7, 11) is 0. The van der Waals surface area contributed by atoms with Gasteiger partial charge in [-0.3, -0.25) is 9.89 Å². The Kier molecular flexibility index (Phi) is 4.71. The molecule has 1 aliphatic rings. The van der Waals surface area contributed by atoms with Crippen molar-refractivity contribution < 1.29 is 9.53 Å². The Morgan fingerprint density at radius 1 is 1.26 bits per heavy atom. The van der Waals surface area contributed by atoms with E-state index in [1.54, 1.807) is 6.07 Å². The van der Waals surface area contributed by atoms with Crippen molar-refractivity contribution in [3.05, 3.63) is 41.0 Å². The van der Waals surface area contributed by atoms with E-state index in [9.17, 15) is 4.79 Å². The topological polar surface area (TPSA) is 61.5 Å². The minimum Gasteiger partial charge on any atom is -0.477 e. The lowest BCUT2D eigenvalue weighted by molar-refractivity contribution is 0.0741. The fourth-order valence-corrected chi connectivity index (χ4v) is 2.75. The van der Waals surface area contributed by atoms with Crippen molar-refractivity contribution in [2.24, 2.45) is 0 Å². The van der Waals surface area contributed by atoms with Crippen molar-refractivity contribution in [2.45, 2.75) is 6.92 Å². The molecule has 3 rings (SSSR count). The summed E-state index contributed by atoms with van der Waals surface area (Å²) >= 11 is 5.92. The Morgan fingerprint density at radius 3 is 2.61 bits per heavy atom. The van der Waals surface area contributed by atoms with Crippen LogP contribution in [0.5, 0.6) is 5.88 Å². The number of rotatable bonds is 4. The molecular weight excluding hydrogens is 316 g/mol. The molecule has 1 saturated heterocycles. The smallest absolute Gasteiger partial charge is 0.272 e. The highest BCUT2D eigenvalue weighted by Gasteiger charge is 2.23. The summed E-state index contributed by atoms with van der Waals surface area (Å²) < 4.78 is 5.28. The summed E-state index contributed by atoms with van der Waals surface area (Å²) in [6.45, 7) is 5.33. The molecule has 2 aromatic rings. The second kappa shape index (κ2) is 6.91. The first-order valence-electron chi connectivity index (χ1n) is 7.65. The summed E-state index contributed by atoms with van der Waals surface area (Å²) in [5.41, 5.74) is 1.59. The Labute approximate surface area is 140 Å². The fourth-order valence-electron chi connectivity index (χ4n) is 2.62. The van der Waals surface area contributed by atoms with Crippen molar-refractivity contribution >= 4 is 23.2 Å². The van der Waals surface area contributed by atoms with Crippen LogP contribution in [0, 0.1) is 0 Å². The van der Waals surface area contributed by atoms with E-state index in [0.717, 1.165) is 23.8 Å². The predicted molar refractivity (Wildman–Crippen MR) is 89.3 cm³/mol. The highest BCUT2D eigenvalue weighted by Crippen LogP contribution is 2.20. The number of halogens is 1. The number of piperazine rings is 1. The summed E-state index contributed by atoms with van der Waals surface area (Å²) in [4.78, 5) is 16.5. The number of H-pyrrole nitrogens is 1. The molecule has 0 saturated carbocycles. The molecule has 7 heteroatoms. The second-order valence-corrected chi connectivity index (χ2v) is 5.74. The number of hydrogen-bond acceptors (Lipinski definition) is 4. The molecule has 0 aliphatic carbocycles. The van der Waals surface area contributed by atoms with Gasteiger partial charge in [-0.1, -0.05) is 11.6 Å². The first-order chi connectivity index (χ1) is 11.2. The molecule has 0 atom stereocenters. The van der Waals surface area contributed by atoms with Gasteiger partial charge in [-0.15, -0.1) is 5.10 Å². The van der Waals surface area contributed by atoms with Gasteiger partial charge in [0.05, 0.1) is 6.61 Å². The van der Waals surface area contributed by atoms with Crippen LogP contribution in [-0.2, 0) is 0 Å². The van der Waals surface area contributed by atoms with Gasteiger partial charge in [-0.05, 0) is 31.2 Å². The number of carbonyl (C=O) groups excluding carboxylic acids is 1. The lowest BCUT2D eigenvalue weighted by Crippen LogP contribution is -2.48. The van der Waals surface area contributed by atoms with Gasteiger partial charge in [0.25, 0.3) is 5.91 Å². The Bertz CT molecular complexity index is 663. The Hall–Kier alpha value is -2.21. The Morgan fingerprint density at radius 2 is 1.96 bits per heavy atom. The zero-order valence-corrected chi connectivity index (χ0v) is 13.7. The van der Waals surface area contributed by atoms with E-state index in [2.05, 4.69) is 15.1 Å². The summed E-state index contributed by atoms with van der Waals surface area (Å²) in [6, 6.07) is 9.42. The highest BCUT2D eigenvalue weighted by molar-refractivity contribution is 6.30. The molecule has 1 N–H and O–H groups in total. The van der Waals surface area contributed by atoms with Gasteiger partial charge in [0, 0.05) is 43.0 Å². The van der Waals surface area contributed by atoms with Crippen molar-refractivity contribution in [3.8, 4) is 5.88 Å². The molecule has 0 bridgehead atoms. The summed E-state index contributed by atoms with van der Waals surface area (Å²) in [5, 5.41) is 7.45. The number of amides is 1. The van der Waals surface area contributed by atoms with Crippen molar-refractivity contribution in [3.63, 3.8) is 0 Å². The maximum atomic E-state index is 12.5. The monoisotopic (exact) mass is 334 g/mol. The number of nitrogens with one attached hydrogen (secondary N) is 1. The predicted octanol–water partition coefficient (Wildman–Crippen LogP) is 2.42. The molecule has 0 unspecified atom stereocenters. The van der Waals surface area contributed by atoms with Crippen LogP contribution in [0.4, 0.5) is 5.69 Å². The molecule has 1 fully saturated rings. The van der Waals surface area contributed by atoms with Crippen molar-refractivity contribution in [1.82, 2.24) is 15.1 Å². The minimum atomic E-state index is -0.0424. The van der Waals surface area contributed by atoms with Gasteiger partial charge in [0.1, 0.15) is 5.69 Å². The fraction of sp³-hybridized carbons (Fsp3) is 0.375. The van der Waals surface area contributed by atoms with Crippen LogP contribution in [0.2, 0.25) is 5.02 Å². The molecule has 2 heterocycles. The first kappa shape index (κ1) is 15.7. The van der Waals surface area contributed by atoms with Crippen LogP contribution < -0.4 is 9.64 Å². The molecule has 0 spiro atoms. The number of carbonyl (C=O) groups is 1. The lowest BCUT2D eigenvalue weighted by atomic mass is 10.2. The van der Waals surface area contributed by atoms with Crippen LogP contribution in [0.25, 0.3) is 0 Å². The average molecular weight is 335 g/mol. The van der Waals surface area contributed by atoms with Crippen molar-refractivity contribution in [2.75, 3.05) is 37.7 Å². The number of anilines is 1. The lowest BCUT2D eigenvalue weighted by Gasteiger charge is -2.35. The van der Waals surface area contributed by atoms with Crippen LogP contribution in [0.3, 0.4) is 0 Å². The molecule has 1 amide bonds. The van der Waals surface area contributed by atoms with E-state index in [1.165, 1.54) is 0 Å². The summed E-state index contributed by atoms with van der Waals surface area (Å²) in [6.07, 6.45) is 0. The van der Waals surface area contributed by atoms with Gasteiger partial charge in [-0.25, -0.2) is 0 Å². The molecule has 1 aliphatic heterocycles. The maximum absolute atomic E-state index is 12.5. The van der Waals surface area contributed by atoms with Crippen molar-refractivity contribution in [1.29, 1.82) is 0 Å². The third-order valence-corrected chi connectivity index (χ3v) is 4.09. The largest absolute Gasteiger partial charge is 0.477 e. The SMILES string of the molecule is CCOc1cc(C(=O)N2CCN(c3ccc(Cl)cc3)CC2)[nH]n1. The molecular formula is C16H19ClN4O2. The standard InChI is InChI=1S/C16H19ClN4O2/c1-2-23-15-11-14(18-19-15)16(22)21-9-7-20(8-10-21)13-5-3-12(17)4-6-13/h3-6,11H,2,7-10H2,1H3,(H,18,19). The van der Waals surface area contributed by atoms with Crippen LogP contribution >= 0.6 is 11.6 Å². The average Bonchev–Trinajstić information content (AvgIpc) is 3.04. The van der Waals surface area contributed by atoms with E-state index >= 15 is 0 Å². The highest BCUT2D eigenvalue weighted by atomic mass is 35.5. The zero-order valence-electron chi connectivity index (χ0n) is 13.0. The third kappa shape index (κ3) is 3.59. The second-order valence-electron chi connectivity index (χ2n) is 5.31. The summed E-state index contributed by atoms with van der Waals surface area (Å²) in [5.74, 6) is 0.412. The van der Waals surface area contributed by atoms with Gasteiger partial charge in [0.2, 0.25) is 5.88 Å². The molecule has 1 aromatic carbocycles. The maximum Gasteiger partial charge on any atom is 0.272 e. The van der Waals surface area contributed by atoms with E-state index in [-0.39, 0.29) is 5.91 Å². The normalized spacial score (nSPS) is 14.9. The number of aromatic amines is 1. The molecule has 6 nitrogen and oxygen atoms in total. The molecule has 1 aromatic heterocycles. The quantitative estimate of drug-likeness (QED) is 0.932. The van der Waals surface area contributed by atoms with E-state index in [1.807, 2.05) is 36.1 Å². The van der Waals surface area contributed by atoms with E-state index in [4.69, 9.17) is 16.3 Å². The molecule has 122 valence electrons. The number of aromatic nitrogens is 2. The van der Waals surface area contributed by atoms with Gasteiger partial charge in [0.15, 0.2) is 0 Å². The number of hydrogen-bond donors (Lipinski definition) is 1. The number of benzene rings is 1. The number of nitrogens with zero attached hydrogens (tertiary/aromatic N) is 3. The minimum absolute atomic E-state index is 0.0424. The van der Waals surface area contributed by atoms with E-state index in [0.29, 0.717) is 31.3 Å². The van der Waals surface area contributed by atoms with Crippen LogP contribution in [-0.4, -0.2) is 53.8 Å².